The third-order valence-electron chi connectivity index (χ3n) is 5.95. The summed E-state index contributed by atoms with van der Waals surface area (Å²) in [5, 5.41) is 4.26. The van der Waals surface area contributed by atoms with Gasteiger partial charge in [0.05, 0.1) is 28.5 Å². The minimum Gasteiger partial charge on any atom is -0.490 e. The van der Waals surface area contributed by atoms with E-state index in [0.717, 1.165) is 25.9 Å². The van der Waals surface area contributed by atoms with E-state index in [1.807, 2.05) is 0 Å². The highest BCUT2D eigenvalue weighted by Crippen LogP contribution is 2.34. The number of aromatic nitrogens is 1. The molecule has 0 saturated carbocycles. The highest BCUT2D eigenvalue weighted by atomic mass is 35.5. The lowest BCUT2D eigenvalue weighted by atomic mass is 10.1. The summed E-state index contributed by atoms with van der Waals surface area (Å²) in [6.45, 7) is 4.08. The van der Waals surface area contributed by atoms with Gasteiger partial charge in [0.1, 0.15) is 17.4 Å². The zero-order valence-electron chi connectivity index (χ0n) is 18.4. The maximum atomic E-state index is 13.2. The lowest BCUT2D eigenvalue weighted by Gasteiger charge is -2.38. The molecule has 4 rings (SSSR count). The predicted molar refractivity (Wildman–Crippen MR) is 118 cm³/mol. The molecule has 2 aliphatic rings. The van der Waals surface area contributed by atoms with Gasteiger partial charge in [0.2, 0.25) is 0 Å². The van der Waals surface area contributed by atoms with E-state index in [-0.39, 0.29) is 37.6 Å². The van der Waals surface area contributed by atoms with Gasteiger partial charge in [-0.1, -0.05) is 28.4 Å². The number of alkyl halides is 3. The smallest absolute Gasteiger partial charge is 0.453 e. The van der Waals surface area contributed by atoms with E-state index in [0.29, 0.717) is 22.3 Å². The molecule has 2 aromatic rings. The number of ether oxygens (including phenoxy) is 2. The van der Waals surface area contributed by atoms with Crippen LogP contribution in [0.5, 0.6) is 5.75 Å². The second-order valence-electron chi connectivity index (χ2n) is 8.41. The van der Waals surface area contributed by atoms with Gasteiger partial charge in [0.15, 0.2) is 0 Å². The van der Waals surface area contributed by atoms with E-state index in [9.17, 15) is 18.0 Å². The van der Waals surface area contributed by atoms with Crippen molar-refractivity contribution < 1.29 is 32.0 Å². The number of piperidine rings is 1. The molecule has 1 aromatic heterocycles. The van der Waals surface area contributed by atoms with Crippen LogP contribution in [0.1, 0.15) is 34.7 Å². The first kappa shape index (κ1) is 25.1. The Balaban J connectivity index is 1.30. The molecule has 7 nitrogen and oxygen atoms in total. The van der Waals surface area contributed by atoms with E-state index in [1.165, 1.54) is 11.8 Å². The molecule has 0 radical (unpaired) electrons. The van der Waals surface area contributed by atoms with E-state index < -0.39 is 23.4 Å². The minimum absolute atomic E-state index is 0.0381. The van der Waals surface area contributed by atoms with Gasteiger partial charge in [-0.15, -0.1) is 0 Å². The lowest BCUT2D eigenvalue weighted by molar-refractivity contribution is -0.156. The Morgan fingerprint density at radius 1 is 1.21 bits per heavy atom. The van der Waals surface area contributed by atoms with E-state index >= 15 is 0 Å². The number of nitrogens with zero attached hydrogens (tertiary/aromatic N) is 3. The number of amides is 1. The molecular weight excluding hydrogens is 498 g/mol. The summed E-state index contributed by atoms with van der Waals surface area (Å²) in [5.41, 5.74) is -0.613. The van der Waals surface area contributed by atoms with Gasteiger partial charge in [-0.05, 0) is 31.9 Å². The SMILES string of the molecule is Cc1noc(C(F)(F)F)c1C(=O)N1CCOC(CN2CCC(Oc3ccc(Cl)c(Cl)c3)CC2)C1. The summed E-state index contributed by atoms with van der Waals surface area (Å²) >= 11 is 12.0. The van der Waals surface area contributed by atoms with Crippen LogP contribution in [0.4, 0.5) is 13.2 Å². The molecule has 2 aliphatic heterocycles. The van der Waals surface area contributed by atoms with Gasteiger partial charge in [0, 0.05) is 38.8 Å². The van der Waals surface area contributed by atoms with Crippen LogP contribution in [0.15, 0.2) is 22.7 Å². The zero-order valence-corrected chi connectivity index (χ0v) is 19.9. The van der Waals surface area contributed by atoms with Gasteiger partial charge >= 0.3 is 6.18 Å². The number of morpholine rings is 1. The van der Waals surface area contributed by atoms with Crippen molar-refractivity contribution in [2.45, 2.75) is 38.1 Å². The standard InChI is InChI=1S/C22H24Cl2F3N3O4/c1-13-19(20(34-28-13)22(25,26)27)21(31)30-8-9-32-16(12-30)11-29-6-4-14(5-7-29)33-15-2-3-17(23)18(24)10-15/h2-3,10,14,16H,4-9,11-12H2,1H3. The molecule has 12 heteroatoms. The molecule has 0 spiro atoms. The number of benzene rings is 1. The quantitative estimate of drug-likeness (QED) is 0.568. The molecule has 3 heterocycles. The van der Waals surface area contributed by atoms with Crippen LogP contribution in [-0.4, -0.2) is 72.4 Å². The molecule has 2 fully saturated rings. The highest BCUT2D eigenvalue weighted by Gasteiger charge is 2.43. The Morgan fingerprint density at radius 2 is 1.94 bits per heavy atom. The monoisotopic (exact) mass is 521 g/mol. The van der Waals surface area contributed by atoms with Gasteiger partial charge in [0.25, 0.3) is 11.7 Å². The van der Waals surface area contributed by atoms with Crippen LogP contribution in [0.3, 0.4) is 0 Å². The average Bonchev–Trinajstić information content (AvgIpc) is 3.19. The van der Waals surface area contributed by atoms with Crippen molar-refractivity contribution in [3.8, 4) is 5.75 Å². The van der Waals surface area contributed by atoms with E-state index in [2.05, 4.69) is 14.6 Å². The van der Waals surface area contributed by atoms with Crippen molar-refractivity contribution in [3.63, 3.8) is 0 Å². The summed E-state index contributed by atoms with van der Waals surface area (Å²) in [4.78, 5) is 16.5. The summed E-state index contributed by atoms with van der Waals surface area (Å²) in [5.74, 6) is -1.44. The molecule has 34 heavy (non-hydrogen) atoms. The van der Waals surface area contributed by atoms with Crippen molar-refractivity contribution >= 4 is 29.1 Å². The average molecular weight is 522 g/mol. The fraction of sp³-hybridized carbons (Fsp3) is 0.545. The Hall–Kier alpha value is -2.01. The van der Waals surface area contributed by atoms with Crippen molar-refractivity contribution in [2.75, 3.05) is 39.3 Å². The molecule has 0 aliphatic carbocycles. The number of hydrogen-bond acceptors (Lipinski definition) is 6. The van der Waals surface area contributed by atoms with Crippen LogP contribution in [0.25, 0.3) is 0 Å². The second kappa shape index (κ2) is 10.3. The lowest BCUT2D eigenvalue weighted by Crippen LogP contribution is -2.51. The first-order valence-electron chi connectivity index (χ1n) is 10.9. The van der Waals surface area contributed by atoms with Crippen LogP contribution in [0.2, 0.25) is 10.0 Å². The summed E-state index contributed by atoms with van der Waals surface area (Å²) in [6.07, 6.45) is -3.47. The van der Waals surface area contributed by atoms with Crippen LogP contribution < -0.4 is 4.74 Å². The van der Waals surface area contributed by atoms with E-state index in [4.69, 9.17) is 32.7 Å². The van der Waals surface area contributed by atoms with E-state index in [1.54, 1.807) is 18.2 Å². The molecule has 186 valence electrons. The summed E-state index contributed by atoms with van der Waals surface area (Å²) < 4.78 is 55.9. The Morgan fingerprint density at radius 3 is 2.62 bits per heavy atom. The first-order chi connectivity index (χ1) is 16.1. The summed E-state index contributed by atoms with van der Waals surface area (Å²) in [6, 6.07) is 5.17. The third-order valence-corrected chi connectivity index (χ3v) is 6.69. The molecule has 2 saturated heterocycles. The summed E-state index contributed by atoms with van der Waals surface area (Å²) in [7, 11) is 0. The number of rotatable bonds is 5. The number of carbonyl (C=O) groups is 1. The number of halogens is 5. The van der Waals surface area contributed by atoms with Crippen molar-refractivity contribution in [1.29, 1.82) is 0 Å². The predicted octanol–water partition coefficient (Wildman–Crippen LogP) is 4.69. The molecule has 1 unspecified atom stereocenters. The molecule has 1 aromatic carbocycles. The molecule has 0 N–H and O–H groups in total. The highest BCUT2D eigenvalue weighted by molar-refractivity contribution is 6.42. The topological polar surface area (TPSA) is 68.0 Å². The molecule has 1 amide bonds. The van der Waals surface area contributed by atoms with Gasteiger partial charge in [-0.3, -0.25) is 4.79 Å². The van der Waals surface area contributed by atoms with Crippen LogP contribution in [0, 0.1) is 6.92 Å². The minimum atomic E-state index is -4.79. The largest absolute Gasteiger partial charge is 0.490 e. The molecule has 1 atom stereocenters. The van der Waals surface area contributed by atoms with Gasteiger partial charge < -0.3 is 23.8 Å². The van der Waals surface area contributed by atoms with Gasteiger partial charge in [-0.2, -0.15) is 13.2 Å². The number of hydrogen-bond donors (Lipinski definition) is 0. The van der Waals surface area contributed by atoms with Crippen molar-refractivity contribution in [3.05, 3.63) is 45.3 Å². The number of carbonyl (C=O) groups excluding carboxylic acids is 1. The number of likely N-dealkylation sites (tertiary alicyclic amines) is 1. The second-order valence-corrected chi connectivity index (χ2v) is 9.22. The fourth-order valence-corrected chi connectivity index (χ4v) is 4.52. The van der Waals surface area contributed by atoms with Crippen molar-refractivity contribution in [2.24, 2.45) is 0 Å². The van der Waals surface area contributed by atoms with Crippen LogP contribution in [-0.2, 0) is 10.9 Å². The van der Waals surface area contributed by atoms with Crippen molar-refractivity contribution in [1.82, 2.24) is 15.0 Å². The zero-order chi connectivity index (χ0) is 24.5. The fourth-order valence-electron chi connectivity index (χ4n) is 4.23. The third kappa shape index (κ3) is 5.79. The first-order valence-corrected chi connectivity index (χ1v) is 11.7. The molecule has 0 bridgehead atoms. The maximum Gasteiger partial charge on any atom is 0.453 e. The Labute approximate surface area is 204 Å². The van der Waals surface area contributed by atoms with Crippen LogP contribution >= 0.6 is 23.2 Å². The Bertz CT molecular complexity index is 1030. The molecular formula is C22H24Cl2F3N3O4. The van der Waals surface area contributed by atoms with Gasteiger partial charge in [-0.25, -0.2) is 0 Å². The normalized spacial score (nSPS) is 20.5. The number of aryl methyl sites for hydroxylation is 1. The maximum absolute atomic E-state index is 13.2. The Kier molecular flexibility index (Phi) is 7.61.